The third-order valence-corrected chi connectivity index (χ3v) is 4.33. The summed E-state index contributed by atoms with van der Waals surface area (Å²) in [6.45, 7) is 0.186. The van der Waals surface area contributed by atoms with Crippen LogP contribution in [-0.4, -0.2) is 33.7 Å². The quantitative estimate of drug-likeness (QED) is 0.713. The van der Waals surface area contributed by atoms with Crippen LogP contribution in [-0.2, 0) is 4.79 Å². The number of carbonyl (C=O) groups is 2. The van der Waals surface area contributed by atoms with Crippen molar-refractivity contribution < 1.29 is 19.8 Å². The van der Waals surface area contributed by atoms with Crippen molar-refractivity contribution in [3.05, 3.63) is 39.9 Å². The third-order valence-electron chi connectivity index (χ3n) is 3.12. The SMILES string of the molecule is Cl.NC[C@H](CC(=O)O)c1ccc(Cl)c(-c2nc(C(=O)O)cs2)c1. The minimum atomic E-state index is -1.11. The van der Waals surface area contributed by atoms with E-state index in [9.17, 15) is 9.59 Å². The largest absolute Gasteiger partial charge is 0.481 e. The number of thiazole rings is 1. The summed E-state index contributed by atoms with van der Waals surface area (Å²) in [4.78, 5) is 25.8. The fraction of sp³-hybridized carbons (Fsp3) is 0.214. The molecule has 0 saturated carbocycles. The first-order chi connectivity index (χ1) is 10.4. The van der Waals surface area contributed by atoms with Crippen molar-refractivity contribution >= 4 is 47.3 Å². The van der Waals surface area contributed by atoms with Gasteiger partial charge in [0.1, 0.15) is 5.01 Å². The van der Waals surface area contributed by atoms with Crippen LogP contribution in [0.5, 0.6) is 0 Å². The normalized spacial score (nSPS) is 11.6. The Hall–Kier alpha value is -1.67. The second-order valence-electron chi connectivity index (χ2n) is 4.61. The summed E-state index contributed by atoms with van der Waals surface area (Å²) in [5, 5.41) is 20.2. The summed E-state index contributed by atoms with van der Waals surface area (Å²) < 4.78 is 0. The number of carboxylic acid groups (broad SMARTS) is 2. The number of benzene rings is 1. The van der Waals surface area contributed by atoms with Gasteiger partial charge < -0.3 is 15.9 Å². The smallest absolute Gasteiger partial charge is 0.355 e. The lowest BCUT2D eigenvalue weighted by molar-refractivity contribution is -0.137. The molecule has 23 heavy (non-hydrogen) atoms. The highest BCUT2D eigenvalue weighted by molar-refractivity contribution is 7.13. The van der Waals surface area contributed by atoms with Gasteiger partial charge in [0.15, 0.2) is 5.69 Å². The van der Waals surface area contributed by atoms with Gasteiger partial charge in [-0.15, -0.1) is 23.7 Å². The topological polar surface area (TPSA) is 114 Å². The number of rotatable bonds is 6. The molecule has 0 spiro atoms. The molecule has 0 saturated heterocycles. The van der Waals surface area contributed by atoms with Crippen molar-refractivity contribution in [1.82, 2.24) is 4.98 Å². The lowest BCUT2D eigenvalue weighted by atomic mass is 9.94. The van der Waals surface area contributed by atoms with Gasteiger partial charge in [-0.1, -0.05) is 17.7 Å². The van der Waals surface area contributed by atoms with E-state index >= 15 is 0 Å². The Kier molecular flexibility index (Phi) is 6.96. The highest BCUT2D eigenvalue weighted by Crippen LogP contribution is 2.33. The molecule has 124 valence electrons. The molecule has 0 aliphatic heterocycles. The Labute approximate surface area is 147 Å². The van der Waals surface area contributed by atoms with Gasteiger partial charge in [-0.2, -0.15) is 0 Å². The van der Waals surface area contributed by atoms with Crippen molar-refractivity contribution in [1.29, 1.82) is 0 Å². The van der Waals surface area contributed by atoms with Gasteiger partial charge in [0.05, 0.1) is 11.4 Å². The van der Waals surface area contributed by atoms with Crippen LogP contribution in [0.1, 0.15) is 28.4 Å². The maximum atomic E-state index is 10.9. The minimum Gasteiger partial charge on any atom is -0.481 e. The molecule has 0 fully saturated rings. The van der Waals surface area contributed by atoms with Crippen LogP contribution in [0.4, 0.5) is 0 Å². The first-order valence-corrected chi connectivity index (χ1v) is 7.58. The molecule has 0 bridgehead atoms. The summed E-state index contributed by atoms with van der Waals surface area (Å²) >= 11 is 7.31. The Morgan fingerprint density at radius 1 is 1.35 bits per heavy atom. The molecule has 9 heteroatoms. The van der Waals surface area contributed by atoms with Gasteiger partial charge >= 0.3 is 11.9 Å². The number of aliphatic carboxylic acids is 1. The molecule has 1 heterocycles. The average Bonchev–Trinajstić information content (AvgIpc) is 2.95. The van der Waals surface area contributed by atoms with Gasteiger partial charge in [-0.3, -0.25) is 4.79 Å². The monoisotopic (exact) mass is 376 g/mol. The number of hydrogen-bond acceptors (Lipinski definition) is 5. The molecule has 6 nitrogen and oxygen atoms in total. The van der Waals surface area contributed by atoms with Crippen molar-refractivity contribution in [2.24, 2.45) is 5.73 Å². The van der Waals surface area contributed by atoms with Gasteiger partial charge in [-0.05, 0) is 24.2 Å². The molecule has 4 N–H and O–H groups in total. The third kappa shape index (κ3) is 4.65. The molecule has 1 atom stereocenters. The molecule has 2 aromatic rings. The van der Waals surface area contributed by atoms with E-state index in [2.05, 4.69) is 4.98 Å². The molecular weight excluding hydrogens is 363 g/mol. The maximum Gasteiger partial charge on any atom is 0.355 e. The minimum absolute atomic E-state index is 0. The fourth-order valence-electron chi connectivity index (χ4n) is 2.00. The molecule has 0 aliphatic rings. The summed E-state index contributed by atoms with van der Waals surface area (Å²) in [6, 6.07) is 5.07. The first-order valence-electron chi connectivity index (χ1n) is 6.33. The zero-order valence-electron chi connectivity index (χ0n) is 11.7. The second-order valence-corrected chi connectivity index (χ2v) is 5.88. The molecular formula is C14H14Cl2N2O4S. The standard InChI is InChI=1S/C14H13ClN2O4S.ClH/c15-10-2-1-7(8(5-16)4-12(18)19)3-9(10)13-17-11(6-22-13)14(20)21;/h1-3,6,8H,4-5,16H2,(H,18,19)(H,20,21);1H/t8-;/m0./s1. The van der Waals surface area contributed by atoms with E-state index in [0.29, 0.717) is 15.6 Å². The molecule has 0 unspecified atom stereocenters. The van der Waals surface area contributed by atoms with Crippen LogP contribution in [0, 0.1) is 0 Å². The van der Waals surface area contributed by atoms with Crippen LogP contribution in [0.3, 0.4) is 0 Å². The van der Waals surface area contributed by atoms with Crippen LogP contribution >= 0.6 is 35.3 Å². The predicted octanol–water partition coefficient (Wildman–Crippen LogP) is 3.10. The number of nitrogens with two attached hydrogens (primary N) is 1. The average molecular weight is 377 g/mol. The van der Waals surface area contributed by atoms with Gasteiger partial charge in [-0.25, -0.2) is 9.78 Å². The first kappa shape index (κ1) is 19.4. The molecule has 0 radical (unpaired) electrons. The Morgan fingerprint density at radius 3 is 2.57 bits per heavy atom. The predicted molar refractivity (Wildman–Crippen MR) is 90.8 cm³/mol. The summed E-state index contributed by atoms with van der Waals surface area (Å²) in [5.74, 6) is -2.39. The van der Waals surface area contributed by atoms with Gasteiger partial charge in [0, 0.05) is 16.9 Å². The van der Waals surface area contributed by atoms with Crippen LogP contribution < -0.4 is 5.73 Å². The van der Waals surface area contributed by atoms with E-state index < -0.39 is 11.9 Å². The molecule has 0 amide bonds. The highest BCUT2D eigenvalue weighted by Gasteiger charge is 2.18. The Balaban J connectivity index is 0.00000264. The van der Waals surface area contributed by atoms with E-state index in [1.54, 1.807) is 18.2 Å². The fourth-order valence-corrected chi connectivity index (χ4v) is 3.09. The number of hydrogen-bond donors (Lipinski definition) is 3. The van der Waals surface area contributed by atoms with Gasteiger partial charge in [0.25, 0.3) is 0 Å². The van der Waals surface area contributed by atoms with E-state index in [1.165, 1.54) is 5.38 Å². The van der Waals surface area contributed by atoms with Crippen molar-refractivity contribution in [2.45, 2.75) is 12.3 Å². The number of aromatic nitrogens is 1. The zero-order valence-corrected chi connectivity index (χ0v) is 14.1. The number of nitrogens with zero attached hydrogens (tertiary/aromatic N) is 1. The Morgan fingerprint density at radius 2 is 2.04 bits per heavy atom. The van der Waals surface area contributed by atoms with Crippen molar-refractivity contribution in [3.63, 3.8) is 0 Å². The lowest BCUT2D eigenvalue weighted by Crippen LogP contribution is -2.16. The van der Waals surface area contributed by atoms with E-state index in [1.807, 2.05) is 0 Å². The Bertz CT molecular complexity index is 721. The number of aromatic carboxylic acids is 1. The van der Waals surface area contributed by atoms with Crippen LogP contribution in [0.25, 0.3) is 10.6 Å². The van der Waals surface area contributed by atoms with Crippen LogP contribution in [0.15, 0.2) is 23.6 Å². The van der Waals surface area contributed by atoms with E-state index in [0.717, 1.165) is 16.9 Å². The molecule has 2 rings (SSSR count). The lowest BCUT2D eigenvalue weighted by Gasteiger charge is -2.14. The van der Waals surface area contributed by atoms with E-state index in [4.69, 9.17) is 27.5 Å². The van der Waals surface area contributed by atoms with Crippen molar-refractivity contribution in [3.8, 4) is 10.6 Å². The van der Waals surface area contributed by atoms with Crippen molar-refractivity contribution in [2.75, 3.05) is 6.54 Å². The van der Waals surface area contributed by atoms with Crippen LogP contribution in [0.2, 0.25) is 5.02 Å². The van der Waals surface area contributed by atoms with Gasteiger partial charge in [0.2, 0.25) is 0 Å². The second kappa shape index (κ2) is 8.26. The summed E-state index contributed by atoms with van der Waals surface area (Å²) in [7, 11) is 0. The summed E-state index contributed by atoms with van der Waals surface area (Å²) in [6.07, 6.45) is -0.0875. The molecule has 0 aliphatic carbocycles. The zero-order chi connectivity index (χ0) is 16.3. The number of carboxylic acids is 2. The molecule has 1 aromatic carbocycles. The number of halogens is 2. The summed E-state index contributed by atoms with van der Waals surface area (Å²) in [5.41, 5.74) is 6.89. The molecule has 1 aromatic heterocycles. The maximum absolute atomic E-state index is 10.9. The van der Waals surface area contributed by atoms with E-state index in [-0.39, 0.29) is 37.0 Å². The highest BCUT2D eigenvalue weighted by atomic mass is 35.5.